The van der Waals surface area contributed by atoms with Crippen molar-refractivity contribution in [2.45, 2.75) is 0 Å². The van der Waals surface area contributed by atoms with E-state index in [9.17, 15) is 5.11 Å². The monoisotopic (exact) mass is 414 g/mol. The van der Waals surface area contributed by atoms with Crippen LogP contribution in [0, 0.1) is 0 Å². The molecule has 0 fully saturated rings. The number of nitrogen functional groups attached to an aromatic ring is 1. The van der Waals surface area contributed by atoms with Crippen LogP contribution in [0.25, 0.3) is 28.2 Å². The smallest absolute Gasteiger partial charge is 0.180 e. The minimum absolute atomic E-state index is 0.0248. The number of rotatable bonds is 2. The summed E-state index contributed by atoms with van der Waals surface area (Å²) in [5, 5.41) is 10.5. The number of nitrogens with two attached hydrogens (primary N) is 1. The molecule has 0 bridgehead atoms. The van der Waals surface area contributed by atoms with E-state index >= 15 is 0 Å². The van der Waals surface area contributed by atoms with E-state index in [2.05, 4.69) is 25.9 Å². The third kappa shape index (κ3) is 2.54. The number of hydrogen-bond acceptors (Lipinski definition) is 4. The average Bonchev–Trinajstić information content (AvgIpc) is 3.12. The highest BCUT2D eigenvalue weighted by Crippen LogP contribution is 2.42. The largest absolute Gasteiger partial charge is 0.505 e. The fraction of sp³-hybridized carbons (Fsp3) is 0. The maximum absolute atomic E-state index is 10.2. The number of imidazole rings is 1. The van der Waals surface area contributed by atoms with Crippen molar-refractivity contribution >= 4 is 39.0 Å². The van der Waals surface area contributed by atoms with E-state index in [1.54, 1.807) is 12.3 Å². The lowest BCUT2D eigenvalue weighted by Crippen LogP contribution is -2.04. The Morgan fingerprint density at radius 3 is 2.64 bits per heavy atom. The van der Waals surface area contributed by atoms with Gasteiger partial charge in [0.25, 0.3) is 0 Å². The number of anilines is 1. The SMILES string of the molecule is Nc1nc(-c2ccccc2)c(-c2ccc(Cl)c(O)c2Br)n2ccnc12. The first-order chi connectivity index (χ1) is 12.1. The Morgan fingerprint density at radius 2 is 1.88 bits per heavy atom. The fourth-order valence-electron chi connectivity index (χ4n) is 2.79. The Hall–Kier alpha value is -2.57. The Bertz CT molecular complexity index is 1100. The molecule has 0 saturated heterocycles. The Kier molecular flexibility index (Phi) is 3.86. The lowest BCUT2D eigenvalue weighted by molar-refractivity contribution is 0.472. The zero-order chi connectivity index (χ0) is 17.6. The van der Waals surface area contributed by atoms with Crippen molar-refractivity contribution in [1.29, 1.82) is 0 Å². The first-order valence-electron chi connectivity index (χ1n) is 7.43. The number of benzene rings is 2. The van der Waals surface area contributed by atoms with Crippen molar-refractivity contribution in [1.82, 2.24) is 14.4 Å². The van der Waals surface area contributed by atoms with Crippen LogP contribution in [0.2, 0.25) is 5.02 Å². The van der Waals surface area contributed by atoms with Crippen LogP contribution in [0.4, 0.5) is 5.82 Å². The number of phenolic OH excluding ortho intramolecular Hbond substituents is 1. The van der Waals surface area contributed by atoms with Gasteiger partial charge in [-0.25, -0.2) is 9.97 Å². The van der Waals surface area contributed by atoms with Gasteiger partial charge in [-0.3, -0.25) is 4.40 Å². The molecule has 0 aliphatic rings. The van der Waals surface area contributed by atoms with Crippen LogP contribution in [0.3, 0.4) is 0 Å². The molecule has 4 rings (SSSR count). The normalized spacial score (nSPS) is 11.1. The Morgan fingerprint density at radius 1 is 1.12 bits per heavy atom. The summed E-state index contributed by atoms with van der Waals surface area (Å²) >= 11 is 9.46. The summed E-state index contributed by atoms with van der Waals surface area (Å²) in [5.41, 5.74) is 9.73. The van der Waals surface area contributed by atoms with Gasteiger partial charge in [0.05, 0.1) is 20.9 Å². The zero-order valence-electron chi connectivity index (χ0n) is 12.8. The highest BCUT2D eigenvalue weighted by atomic mass is 79.9. The summed E-state index contributed by atoms with van der Waals surface area (Å²) in [7, 11) is 0. The van der Waals surface area contributed by atoms with Gasteiger partial charge < -0.3 is 10.8 Å². The van der Waals surface area contributed by atoms with E-state index in [0.717, 1.165) is 16.8 Å². The van der Waals surface area contributed by atoms with Crippen molar-refractivity contribution in [3.63, 3.8) is 0 Å². The standard InChI is InChI=1S/C18H12BrClN4O/c19-13-11(6-7-12(20)16(13)25)15-14(10-4-2-1-3-5-10)23-17(21)18-22-8-9-24(15)18/h1-9,25H,(H2,21,23). The number of fused-ring (bicyclic) bond motifs is 1. The molecule has 3 N–H and O–H groups in total. The molecule has 0 saturated carbocycles. The van der Waals surface area contributed by atoms with Crippen molar-refractivity contribution in [3.05, 3.63) is 64.4 Å². The molecule has 0 aliphatic heterocycles. The summed E-state index contributed by atoms with van der Waals surface area (Å²) in [6.45, 7) is 0. The second kappa shape index (κ2) is 6.06. The number of aromatic nitrogens is 3. The average molecular weight is 416 g/mol. The number of phenols is 1. The second-order valence-electron chi connectivity index (χ2n) is 5.44. The summed E-state index contributed by atoms with van der Waals surface area (Å²) in [5.74, 6) is 0.310. The lowest BCUT2D eigenvalue weighted by atomic mass is 10.0. The molecule has 5 nitrogen and oxygen atoms in total. The molecular formula is C18H12BrClN4O. The first kappa shape index (κ1) is 15.9. The number of halogens is 2. The third-order valence-corrected chi connectivity index (χ3v) is 5.04. The van der Waals surface area contributed by atoms with Gasteiger partial charge in [-0.2, -0.15) is 0 Å². The molecule has 2 aromatic carbocycles. The Labute approximate surface area is 156 Å². The summed E-state index contributed by atoms with van der Waals surface area (Å²) < 4.78 is 2.34. The summed E-state index contributed by atoms with van der Waals surface area (Å²) in [4.78, 5) is 8.85. The molecule has 0 atom stereocenters. The van der Waals surface area contributed by atoms with E-state index in [0.29, 0.717) is 21.6 Å². The highest BCUT2D eigenvalue weighted by molar-refractivity contribution is 9.10. The van der Waals surface area contributed by atoms with Crippen molar-refractivity contribution < 1.29 is 5.11 Å². The Balaban J connectivity index is 2.14. The minimum Gasteiger partial charge on any atom is -0.505 e. The van der Waals surface area contributed by atoms with E-state index in [1.165, 1.54) is 0 Å². The van der Waals surface area contributed by atoms with Gasteiger partial charge in [-0.1, -0.05) is 41.9 Å². The zero-order valence-corrected chi connectivity index (χ0v) is 15.2. The van der Waals surface area contributed by atoms with E-state index in [1.807, 2.05) is 47.0 Å². The van der Waals surface area contributed by atoms with Gasteiger partial charge in [-0.05, 0) is 28.1 Å². The van der Waals surface area contributed by atoms with Gasteiger partial charge in [0, 0.05) is 23.5 Å². The predicted molar refractivity (Wildman–Crippen MR) is 103 cm³/mol. The van der Waals surface area contributed by atoms with Crippen LogP contribution in [-0.2, 0) is 0 Å². The molecule has 124 valence electrons. The topological polar surface area (TPSA) is 76.4 Å². The van der Waals surface area contributed by atoms with Gasteiger partial charge in [0.2, 0.25) is 0 Å². The van der Waals surface area contributed by atoms with Gasteiger partial charge in [-0.15, -0.1) is 0 Å². The van der Waals surface area contributed by atoms with E-state index in [4.69, 9.17) is 17.3 Å². The molecule has 0 aliphatic carbocycles. The molecule has 4 aromatic rings. The number of nitrogens with zero attached hydrogens (tertiary/aromatic N) is 3. The second-order valence-corrected chi connectivity index (χ2v) is 6.64. The molecular weight excluding hydrogens is 404 g/mol. The molecule has 0 amide bonds. The van der Waals surface area contributed by atoms with Crippen molar-refractivity contribution in [2.75, 3.05) is 5.73 Å². The molecule has 7 heteroatoms. The summed E-state index contributed by atoms with van der Waals surface area (Å²) in [6, 6.07) is 13.2. The van der Waals surface area contributed by atoms with Gasteiger partial charge in [0.15, 0.2) is 11.5 Å². The van der Waals surface area contributed by atoms with Crippen LogP contribution in [0.5, 0.6) is 5.75 Å². The minimum atomic E-state index is -0.0248. The summed E-state index contributed by atoms with van der Waals surface area (Å²) in [6.07, 6.45) is 3.47. The maximum Gasteiger partial charge on any atom is 0.180 e. The van der Waals surface area contributed by atoms with Gasteiger partial charge in [0.1, 0.15) is 5.75 Å². The number of hydrogen-bond donors (Lipinski definition) is 2. The lowest BCUT2D eigenvalue weighted by Gasteiger charge is -2.15. The third-order valence-electron chi connectivity index (χ3n) is 3.94. The van der Waals surface area contributed by atoms with Gasteiger partial charge >= 0.3 is 0 Å². The quantitative estimate of drug-likeness (QED) is 0.494. The maximum atomic E-state index is 10.2. The highest BCUT2D eigenvalue weighted by Gasteiger charge is 2.20. The van der Waals surface area contributed by atoms with Crippen LogP contribution in [-0.4, -0.2) is 19.5 Å². The van der Waals surface area contributed by atoms with Crippen LogP contribution < -0.4 is 5.73 Å². The first-order valence-corrected chi connectivity index (χ1v) is 8.60. The molecule has 0 unspecified atom stereocenters. The van der Waals surface area contributed by atoms with Crippen LogP contribution in [0.1, 0.15) is 0 Å². The molecule has 2 heterocycles. The van der Waals surface area contributed by atoms with Crippen LogP contribution in [0.15, 0.2) is 59.3 Å². The van der Waals surface area contributed by atoms with Crippen molar-refractivity contribution in [2.24, 2.45) is 0 Å². The predicted octanol–water partition coefficient (Wildman–Crippen LogP) is 4.77. The van der Waals surface area contributed by atoms with E-state index in [-0.39, 0.29) is 10.8 Å². The number of aromatic hydroxyl groups is 1. The molecule has 25 heavy (non-hydrogen) atoms. The molecule has 2 aromatic heterocycles. The van der Waals surface area contributed by atoms with Crippen LogP contribution >= 0.6 is 27.5 Å². The molecule has 0 radical (unpaired) electrons. The fourth-order valence-corrected chi connectivity index (χ4v) is 3.59. The van der Waals surface area contributed by atoms with Crippen molar-refractivity contribution in [3.8, 4) is 28.3 Å². The van der Waals surface area contributed by atoms with E-state index < -0.39 is 0 Å². The molecule has 0 spiro atoms.